The summed E-state index contributed by atoms with van der Waals surface area (Å²) in [7, 11) is 1.33. The van der Waals surface area contributed by atoms with Crippen LogP contribution in [0.1, 0.15) is 21.6 Å². The van der Waals surface area contributed by atoms with E-state index in [1.807, 2.05) is 44.2 Å². The molecule has 0 saturated heterocycles. The molecule has 1 aromatic heterocycles. The van der Waals surface area contributed by atoms with Crippen molar-refractivity contribution in [1.82, 2.24) is 14.3 Å². The second-order valence-corrected chi connectivity index (χ2v) is 7.52. The van der Waals surface area contributed by atoms with Crippen LogP contribution in [0, 0.1) is 13.8 Å². The van der Waals surface area contributed by atoms with Crippen LogP contribution in [0.4, 0.5) is 5.69 Å². The van der Waals surface area contributed by atoms with Crippen LogP contribution < -0.4 is 16.6 Å². The molecule has 3 aromatic rings. The Morgan fingerprint density at radius 3 is 2.31 bits per heavy atom. The molecule has 0 fully saturated rings. The first-order valence-electron chi connectivity index (χ1n) is 8.78. The lowest BCUT2D eigenvalue weighted by Crippen LogP contribution is -2.42. The fraction of sp³-hybridized carbons (Fsp3) is 0.143. The fourth-order valence-electron chi connectivity index (χ4n) is 2.81. The molecule has 0 unspecified atom stereocenters. The maximum absolute atomic E-state index is 12.6. The first-order valence-corrected chi connectivity index (χ1v) is 9.57. The summed E-state index contributed by atoms with van der Waals surface area (Å²) >= 11 is 3.35. The van der Waals surface area contributed by atoms with Crippen molar-refractivity contribution >= 4 is 27.4 Å². The van der Waals surface area contributed by atoms with E-state index in [9.17, 15) is 14.4 Å². The van der Waals surface area contributed by atoms with Crippen molar-refractivity contribution in [2.24, 2.45) is 7.05 Å². The molecule has 1 heterocycles. The Bertz CT molecular complexity index is 1200. The summed E-state index contributed by atoms with van der Waals surface area (Å²) in [6.07, 6.45) is 2.64. The standard InChI is InChI=1S/C21H19BrN4O3/c1-13-10-14(2)12-17(11-13)26-21(29)25(3)20(28)19(24-26)18(27)8-9-23-16-6-4-15(22)5-7-16/h4-12,23H,1-3H3/b9-8-. The SMILES string of the molecule is Cc1cc(C)cc(-n2nc(C(=O)/C=C\Nc3ccc(Br)cc3)c(=O)n(C)c2=O)c1. The molecular weight excluding hydrogens is 436 g/mol. The molecule has 0 spiro atoms. The molecule has 8 heteroatoms. The van der Waals surface area contributed by atoms with Gasteiger partial charge < -0.3 is 5.32 Å². The number of aryl methyl sites for hydroxylation is 2. The number of carbonyl (C=O) groups excluding carboxylic acids is 1. The molecule has 148 valence electrons. The van der Waals surface area contributed by atoms with Crippen LogP contribution in [0.25, 0.3) is 5.69 Å². The third-order valence-electron chi connectivity index (χ3n) is 4.19. The van der Waals surface area contributed by atoms with Gasteiger partial charge in [0.05, 0.1) is 5.69 Å². The average Bonchev–Trinajstić information content (AvgIpc) is 2.67. The van der Waals surface area contributed by atoms with Gasteiger partial charge >= 0.3 is 5.69 Å². The molecule has 0 aliphatic carbocycles. The first kappa shape index (κ1) is 20.5. The molecule has 7 nitrogen and oxygen atoms in total. The summed E-state index contributed by atoms with van der Waals surface area (Å²) in [5.74, 6) is -0.603. The molecule has 1 N–H and O–H groups in total. The van der Waals surface area contributed by atoms with Gasteiger partial charge in [0.2, 0.25) is 5.78 Å². The summed E-state index contributed by atoms with van der Waals surface area (Å²) in [6.45, 7) is 3.79. The highest BCUT2D eigenvalue weighted by Gasteiger charge is 2.17. The van der Waals surface area contributed by atoms with Crippen LogP contribution in [0.2, 0.25) is 0 Å². The number of aromatic nitrogens is 3. The average molecular weight is 455 g/mol. The number of hydrogen-bond donors (Lipinski definition) is 1. The second-order valence-electron chi connectivity index (χ2n) is 6.60. The Labute approximate surface area is 175 Å². The maximum atomic E-state index is 12.6. The van der Waals surface area contributed by atoms with Gasteiger partial charge in [-0.1, -0.05) is 22.0 Å². The molecule has 0 bridgehead atoms. The third-order valence-corrected chi connectivity index (χ3v) is 4.72. The Kier molecular flexibility index (Phi) is 5.93. The zero-order chi connectivity index (χ0) is 21.1. The van der Waals surface area contributed by atoms with Crippen LogP contribution in [0.15, 0.2) is 68.8 Å². The lowest BCUT2D eigenvalue weighted by Gasteiger charge is -2.10. The number of nitrogens with zero attached hydrogens (tertiary/aromatic N) is 3. The molecule has 0 aliphatic heterocycles. The second kappa shape index (κ2) is 8.40. The highest BCUT2D eigenvalue weighted by atomic mass is 79.9. The smallest absolute Gasteiger partial charge is 0.351 e. The number of halogens is 1. The van der Waals surface area contributed by atoms with Crippen molar-refractivity contribution in [3.8, 4) is 5.69 Å². The van der Waals surface area contributed by atoms with E-state index in [1.165, 1.54) is 19.3 Å². The number of benzene rings is 2. The van der Waals surface area contributed by atoms with E-state index in [0.29, 0.717) is 5.69 Å². The Morgan fingerprint density at radius 2 is 1.69 bits per heavy atom. The van der Waals surface area contributed by atoms with E-state index in [4.69, 9.17) is 0 Å². The van der Waals surface area contributed by atoms with Crippen molar-refractivity contribution in [1.29, 1.82) is 0 Å². The number of nitrogens with one attached hydrogen (secondary N) is 1. The number of allylic oxidation sites excluding steroid dienone is 1. The summed E-state index contributed by atoms with van der Waals surface area (Å²) in [5, 5.41) is 7.01. The molecule has 0 saturated carbocycles. The molecule has 29 heavy (non-hydrogen) atoms. The topological polar surface area (TPSA) is 86.0 Å². The highest BCUT2D eigenvalue weighted by Crippen LogP contribution is 2.14. The van der Waals surface area contributed by atoms with E-state index in [0.717, 1.165) is 30.5 Å². The minimum atomic E-state index is -0.742. The lowest BCUT2D eigenvalue weighted by atomic mass is 10.1. The van der Waals surface area contributed by atoms with Crippen LogP contribution in [-0.4, -0.2) is 20.1 Å². The quantitative estimate of drug-likeness (QED) is 0.472. The van der Waals surface area contributed by atoms with Gasteiger partial charge in [-0.3, -0.25) is 14.2 Å². The molecule has 0 radical (unpaired) electrons. The van der Waals surface area contributed by atoms with Crippen LogP contribution >= 0.6 is 15.9 Å². The van der Waals surface area contributed by atoms with E-state index in [-0.39, 0.29) is 5.69 Å². The minimum Gasteiger partial charge on any atom is -0.362 e. The monoisotopic (exact) mass is 454 g/mol. The number of hydrogen-bond acceptors (Lipinski definition) is 5. The van der Waals surface area contributed by atoms with Gasteiger partial charge in [0.15, 0.2) is 5.69 Å². The van der Waals surface area contributed by atoms with Gasteiger partial charge in [0.1, 0.15) is 0 Å². The van der Waals surface area contributed by atoms with Gasteiger partial charge in [0.25, 0.3) is 5.56 Å². The third kappa shape index (κ3) is 4.60. The first-order chi connectivity index (χ1) is 13.8. The molecule has 0 atom stereocenters. The normalized spacial score (nSPS) is 11.0. The van der Waals surface area contributed by atoms with Crippen molar-refractivity contribution in [3.05, 3.63) is 96.9 Å². The van der Waals surface area contributed by atoms with Crippen molar-refractivity contribution < 1.29 is 4.79 Å². The van der Waals surface area contributed by atoms with Crippen molar-refractivity contribution in [3.63, 3.8) is 0 Å². The van der Waals surface area contributed by atoms with Crippen LogP contribution in [0.5, 0.6) is 0 Å². The van der Waals surface area contributed by atoms with Gasteiger partial charge in [-0.25, -0.2) is 4.79 Å². The predicted molar refractivity (Wildman–Crippen MR) is 116 cm³/mol. The molecule has 2 aromatic carbocycles. The molecule has 0 amide bonds. The van der Waals surface area contributed by atoms with Gasteiger partial charge in [-0.15, -0.1) is 0 Å². The minimum absolute atomic E-state index is 0.333. The highest BCUT2D eigenvalue weighted by molar-refractivity contribution is 9.10. The largest absolute Gasteiger partial charge is 0.362 e. The van der Waals surface area contributed by atoms with Crippen LogP contribution in [-0.2, 0) is 7.05 Å². The number of anilines is 1. The predicted octanol–water partition coefficient (Wildman–Crippen LogP) is 3.12. The van der Waals surface area contributed by atoms with E-state index < -0.39 is 17.0 Å². The number of ketones is 1. The Morgan fingerprint density at radius 1 is 1.07 bits per heavy atom. The van der Waals surface area contributed by atoms with Crippen LogP contribution in [0.3, 0.4) is 0 Å². The molecule has 3 rings (SSSR count). The summed E-state index contributed by atoms with van der Waals surface area (Å²) in [5.41, 5.74) is 1.46. The molecular formula is C21H19BrN4O3. The van der Waals surface area contributed by atoms with Crippen molar-refractivity contribution in [2.75, 3.05) is 5.32 Å². The number of carbonyl (C=O) groups is 1. The number of rotatable bonds is 5. The maximum Gasteiger partial charge on any atom is 0.351 e. The van der Waals surface area contributed by atoms with Gasteiger partial charge in [0, 0.05) is 29.5 Å². The Hall–Kier alpha value is -3.26. The lowest BCUT2D eigenvalue weighted by molar-refractivity contribution is 0.103. The van der Waals surface area contributed by atoms with Gasteiger partial charge in [-0.05, 0) is 61.4 Å². The molecule has 0 aliphatic rings. The van der Waals surface area contributed by atoms with E-state index in [1.54, 1.807) is 12.1 Å². The zero-order valence-corrected chi connectivity index (χ0v) is 17.7. The zero-order valence-electron chi connectivity index (χ0n) is 16.1. The van der Waals surface area contributed by atoms with Crippen molar-refractivity contribution in [2.45, 2.75) is 13.8 Å². The Balaban J connectivity index is 1.96. The summed E-state index contributed by atoms with van der Waals surface area (Å²) in [4.78, 5) is 37.5. The van der Waals surface area contributed by atoms with Gasteiger partial charge in [-0.2, -0.15) is 9.78 Å². The summed E-state index contributed by atoms with van der Waals surface area (Å²) < 4.78 is 2.89. The van der Waals surface area contributed by atoms with E-state index >= 15 is 0 Å². The van der Waals surface area contributed by atoms with E-state index in [2.05, 4.69) is 26.3 Å². The fourth-order valence-corrected chi connectivity index (χ4v) is 3.07. The summed E-state index contributed by atoms with van der Waals surface area (Å²) in [6, 6.07) is 12.9.